The van der Waals surface area contributed by atoms with Gasteiger partial charge in [-0.25, -0.2) is 12.8 Å². The number of hydrogen-bond donors (Lipinski definition) is 1. The van der Waals surface area contributed by atoms with Gasteiger partial charge in [-0.15, -0.1) is 0 Å². The van der Waals surface area contributed by atoms with Gasteiger partial charge in [0.1, 0.15) is 23.9 Å². The third-order valence-corrected chi connectivity index (χ3v) is 6.96. The molecule has 180 valence electrons. The number of benzene rings is 3. The van der Waals surface area contributed by atoms with Crippen molar-refractivity contribution in [1.29, 1.82) is 0 Å². The minimum absolute atomic E-state index is 0.00932. The highest BCUT2D eigenvalue weighted by Crippen LogP contribution is 2.25. The Hall–Kier alpha value is -3.59. The van der Waals surface area contributed by atoms with Crippen molar-refractivity contribution in [2.24, 2.45) is 0 Å². The van der Waals surface area contributed by atoms with Crippen molar-refractivity contribution >= 4 is 21.6 Å². The molecule has 3 rings (SSSR count). The first-order chi connectivity index (χ1) is 16.3. The Morgan fingerprint density at radius 1 is 0.882 bits per heavy atom. The summed E-state index contributed by atoms with van der Waals surface area (Å²) in [5.74, 6) is 0.308. The number of rotatable bonds is 11. The quantitative estimate of drug-likeness (QED) is 0.417. The van der Waals surface area contributed by atoms with Gasteiger partial charge in [-0.3, -0.25) is 9.10 Å². The number of nitrogens with one attached hydrogen (secondary N) is 1. The van der Waals surface area contributed by atoms with E-state index in [1.165, 1.54) is 43.5 Å². The van der Waals surface area contributed by atoms with Crippen LogP contribution in [-0.2, 0) is 21.2 Å². The molecule has 0 heterocycles. The predicted molar refractivity (Wildman–Crippen MR) is 128 cm³/mol. The Bertz CT molecular complexity index is 1180. The first-order valence-corrected chi connectivity index (χ1v) is 12.1. The van der Waals surface area contributed by atoms with Gasteiger partial charge in [0, 0.05) is 6.54 Å². The SMILES string of the molecule is COc1ccc(CCCNC(=O)CN(c2ccc(F)cc2)S(=O)(=O)c2ccc(OC)cc2)cc1. The van der Waals surface area contributed by atoms with Gasteiger partial charge in [0.15, 0.2) is 0 Å². The van der Waals surface area contributed by atoms with Crippen LogP contribution in [0.15, 0.2) is 77.7 Å². The van der Waals surface area contributed by atoms with E-state index in [9.17, 15) is 17.6 Å². The topological polar surface area (TPSA) is 84.9 Å². The van der Waals surface area contributed by atoms with E-state index in [-0.39, 0.29) is 10.6 Å². The summed E-state index contributed by atoms with van der Waals surface area (Å²) in [7, 11) is -0.999. The van der Waals surface area contributed by atoms with E-state index in [0.717, 1.165) is 34.2 Å². The van der Waals surface area contributed by atoms with Crippen LogP contribution in [0.25, 0.3) is 0 Å². The van der Waals surface area contributed by atoms with E-state index in [4.69, 9.17) is 9.47 Å². The fourth-order valence-corrected chi connectivity index (χ4v) is 4.72. The third kappa shape index (κ3) is 6.48. The summed E-state index contributed by atoms with van der Waals surface area (Å²) < 4.78 is 51.3. The number of nitrogens with zero attached hydrogens (tertiary/aromatic N) is 1. The lowest BCUT2D eigenvalue weighted by atomic mass is 10.1. The summed E-state index contributed by atoms with van der Waals surface area (Å²) in [6, 6.07) is 18.5. The minimum atomic E-state index is -4.08. The average molecular weight is 487 g/mol. The molecule has 0 aliphatic carbocycles. The maximum atomic E-state index is 13.4. The average Bonchev–Trinajstić information content (AvgIpc) is 2.86. The van der Waals surface area contributed by atoms with Crippen molar-refractivity contribution in [3.05, 3.63) is 84.2 Å². The molecule has 0 saturated heterocycles. The second-order valence-electron chi connectivity index (χ2n) is 7.47. The van der Waals surface area contributed by atoms with Crippen LogP contribution in [0.5, 0.6) is 11.5 Å². The van der Waals surface area contributed by atoms with Crippen molar-refractivity contribution in [1.82, 2.24) is 5.32 Å². The van der Waals surface area contributed by atoms with Crippen LogP contribution in [-0.4, -0.2) is 41.6 Å². The number of amides is 1. The summed E-state index contributed by atoms with van der Waals surface area (Å²) in [6.07, 6.45) is 1.43. The largest absolute Gasteiger partial charge is 0.497 e. The maximum absolute atomic E-state index is 13.4. The Kier molecular flexibility index (Phi) is 8.48. The second-order valence-corrected chi connectivity index (χ2v) is 9.33. The molecule has 0 aromatic heterocycles. The normalized spacial score (nSPS) is 11.0. The summed E-state index contributed by atoms with van der Waals surface area (Å²) in [5, 5.41) is 2.77. The highest BCUT2D eigenvalue weighted by Gasteiger charge is 2.27. The van der Waals surface area contributed by atoms with E-state index in [1.807, 2.05) is 24.3 Å². The van der Waals surface area contributed by atoms with E-state index in [2.05, 4.69) is 5.32 Å². The zero-order valence-corrected chi connectivity index (χ0v) is 19.8. The number of hydrogen-bond acceptors (Lipinski definition) is 5. The van der Waals surface area contributed by atoms with Crippen molar-refractivity contribution in [3.8, 4) is 11.5 Å². The fraction of sp³-hybridized carbons (Fsp3) is 0.240. The molecule has 0 aliphatic rings. The Morgan fingerprint density at radius 3 is 2.00 bits per heavy atom. The first-order valence-electron chi connectivity index (χ1n) is 10.7. The number of anilines is 1. The predicted octanol–water partition coefficient (Wildman–Crippen LogP) is 3.79. The second kappa shape index (κ2) is 11.5. The third-order valence-electron chi connectivity index (χ3n) is 5.17. The molecule has 1 N–H and O–H groups in total. The number of aryl methyl sites for hydroxylation is 1. The van der Waals surface area contributed by atoms with Crippen LogP contribution in [0, 0.1) is 5.82 Å². The summed E-state index contributed by atoms with van der Waals surface area (Å²) in [4.78, 5) is 12.6. The lowest BCUT2D eigenvalue weighted by molar-refractivity contribution is -0.119. The molecule has 34 heavy (non-hydrogen) atoms. The van der Waals surface area contributed by atoms with E-state index in [0.29, 0.717) is 18.7 Å². The lowest BCUT2D eigenvalue weighted by Gasteiger charge is -2.24. The molecule has 0 saturated carbocycles. The van der Waals surface area contributed by atoms with Crippen molar-refractivity contribution in [3.63, 3.8) is 0 Å². The van der Waals surface area contributed by atoms with Crippen molar-refractivity contribution in [2.45, 2.75) is 17.7 Å². The number of sulfonamides is 1. The zero-order chi connectivity index (χ0) is 24.6. The smallest absolute Gasteiger partial charge is 0.264 e. The Labute approximate surface area is 199 Å². The van der Waals surface area contributed by atoms with Gasteiger partial charge in [0.25, 0.3) is 10.0 Å². The number of ether oxygens (including phenoxy) is 2. The molecular formula is C25H27FN2O5S. The molecule has 3 aromatic rings. The molecule has 0 bridgehead atoms. The number of methoxy groups -OCH3 is 2. The van der Waals surface area contributed by atoms with Gasteiger partial charge in [-0.05, 0) is 79.1 Å². The van der Waals surface area contributed by atoms with Gasteiger partial charge in [0.2, 0.25) is 5.91 Å². The molecule has 3 aromatic carbocycles. The molecule has 0 fully saturated rings. The van der Waals surface area contributed by atoms with Gasteiger partial charge in [-0.2, -0.15) is 0 Å². The maximum Gasteiger partial charge on any atom is 0.264 e. The lowest BCUT2D eigenvalue weighted by Crippen LogP contribution is -2.41. The summed E-state index contributed by atoms with van der Waals surface area (Å²) in [5.41, 5.74) is 1.29. The number of carbonyl (C=O) groups excluding carboxylic acids is 1. The molecule has 1 amide bonds. The highest BCUT2D eigenvalue weighted by molar-refractivity contribution is 7.92. The standard InChI is InChI=1S/C25H27FN2O5S/c1-32-22-11-5-19(6-12-22)4-3-17-27-25(29)18-28(21-9-7-20(26)8-10-21)34(30,31)24-15-13-23(33-2)14-16-24/h5-16H,3-4,17-18H2,1-2H3,(H,27,29). The molecular weight excluding hydrogens is 459 g/mol. The molecule has 0 radical (unpaired) electrons. The van der Waals surface area contributed by atoms with Gasteiger partial charge < -0.3 is 14.8 Å². The molecule has 0 atom stereocenters. The van der Waals surface area contributed by atoms with Crippen LogP contribution in [0.1, 0.15) is 12.0 Å². The van der Waals surface area contributed by atoms with Crippen molar-refractivity contribution < 1.29 is 27.1 Å². The summed E-state index contributed by atoms with van der Waals surface area (Å²) in [6.45, 7) is -0.0623. The van der Waals surface area contributed by atoms with Gasteiger partial charge in [-0.1, -0.05) is 12.1 Å². The fourth-order valence-electron chi connectivity index (χ4n) is 3.30. The molecule has 0 unspecified atom stereocenters. The molecule has 7 nitrogen and oxygen atoms in total. The molecule has 0 aliphatic heterocycles. The monoisotopic (exact) mass is 486 g/mol. The number of carbonyl (C=O) groups is 1. The van der Waals surface area contributed by atoms with Gasteiger partial charge >= 0.3 is 0 Å². The van der Waals surface area contributed by atoms with Crippen molar-refractivity contribution in [2.75, 3.05) is 31.6 Å². The van der Waals surface area contributed by atoms with Gasteiger partial charge in [0.05, 0.1) is 24.8 Å². The first kappa shape index (κ1) is 25.0. The number of halogens is 1. The van der Waals surface area contributed by atoms with Crippen LogP contribution < -0.4 is 19.1 Å². The zero-order valence-electron chi connectivity index (χ0n) is 19.0. The van der Waals surface area contributed by atoms with E-state index < -0.39 is 28.3 Å². The van der Waals surface area contributed by atoms with Crippen LogP contribution in [0.3, 0.4) is 0 Å². The minimum Gasteiger partial charge on any atom is -0.497 e. The van der Waals surface area contributed by atoms with E-state index >= 15 is 0 Å². The Balaban J connectivity index is 1.68. The van der Waals surface area contributed by atoms with Crippen LogP contribution in [0.4, 0.5) is 10.1 Å². The Morgan fingerprint density at radius 2 is 1.44 bits per heavy atom. The van der Waals surface area contributed by atoms with Crippen LogP contribution >= 0.6 is 0 Å². The van der Waals surface area contributed by atoms with Crippen LogP contribution in [0.2, 0.25) is 0 Å². The summed E-state index contributed by atoms with van der Waals surface area (Å²) >= 11 is 0. The highest BCUT2D eigenvalue weighted by atomic mass is 32.2. The molecule has 9 heteroatoms. The van der Waals surface area contributed by atoms with E-state index in [1.54, 1.807) is 7.11 Å². The molecule has 0 spiro atoms.